The first kappa shape index (κ1) is 20.1. The number of rotatable bonds is 4. The molecule has 0 atom stereocenters. The van der Waals surface area contributed by atoms with Crippen LogP contribution in [0, 0.1) is 0 Å². The van der Waals surface area contributed by atoms with Gasteiger partial charge >= 0.3 is 0 Å². The predicted octanol–water partition coefficient (Wildman–Crippen LogP) is 2.86. The number of piperazine rings is 1. The highest BCUT2D eigenvalue weighted by Crippen LogP contribution is 2.41. The standard InChI is InChI=1S/C24H27N3O3/c1-17(28)18-8-10-19(11-9-18)25-12-14-26(15-13-25)22(29)16-27-21-7-5-4-6-20(21)24(2,3)23(27)30/h4-11H,12-16H2,1-3H3. The fourth-order valence-electron chi connectivity index (χ4n) is 4.31. The summed E-state index contributed by atoms with van der Waals surface area (Å²) in [6, 6.07) is 15.3. The minimum Gasteiger partial charge on any atom is -0.368 e. The van der Waals surface area contributed by atoms with Crippen LogP contribution in [0.1, 0.15) is 36.7 Å². The van der Waals surface area contributed by atoms with E-state index in [1.165, 1.54) is 0 Å². The molecule has 0 unspecified atom stereocenters. The van der Waals surface area contributed by atoms with Crippen LogP contribution in [-0.4, -0.2) is 55.2 Å². The van der Waals surface area contributed by atoms with Gasteiger partial charge in [0, 0.05) is 43.1 Å². The van der Waals surface area contributed by atoms with Gasteiger partial charge in [0.05, 0.1) is 5.41 Å². The second kappa shape index (κ2) is 7.59. The Morgan fingerprint density at radius 2 is 1.57 bits per heavy atom. The van der Waals surface area contributed by atoms with E-state index in [9.17, 15) is 14.4 Å². The molecule has 0 saturated carbocycles. The SMILES string of the molecule is CC(=O)c1ccc(N2CCN(C(=O)CN3C(=O)C(C)(C)c4ccccc43)CC2)cc1. The van der Waals surface area contributed by atoms with Gasteiger partial charge in [0.15, 0.2) is 5.78 Å². The smallest absolute Gasteiger partial charge is 0.242 e. The topological polar surface area (TPSA) is 60.9 Å². The predicted molar refractivity (Wildman–Crippen MR) is 117 cm³/mol. The van der Waals surface area contributed by atoms with Crippen molar-refractivity contribution < 1.29 is 14.4 Å². The number of amides is 2. The van der Waals surface area contributed by atoms with E-state index in [0.717, 1.165) is 30.0 Å². The average Bonchev–Trinajstić information content (AvgIpc) is 2.95. The van der Waals surface area contributed by atoms with Gasteiger partial charge in [-0.3, -0.25) is 14.4 Å². The summed E-state index contributed by atoms with van der Waals surface area (Å²) in [5.41, 5.74) is 2.96. The number of nitrogens with zero attached hydrogens (tertiary/aromatic N) is 3. The molecule has 4 rings (SSSR count). The lowest BCUT2D eigenvalue weighted by atomic mass is 9.86. The van der Waals surface area contributed by atoms with Gasteiger partial charge in [-0.25, -0.2) is 0 Å². The number of carbonyl (C=O) groups excluding carboxylic acids is 3. The minimum absolute atomic E-state index is 0.0255. The summed E-state index contributed by atoms with van der Waals surface area (Å²) in [6.07, 6.45) is 0. The lowest BCUT2D eigenvalue weighted by molar-refractivity contribution is -0.132. The van der Waals surface area contributed by atoms with Crippen molar-refractivity contribution in [2.45, 2.75) is 26.2 Å². The first-order chi connectivity index (χ1) is 14.3. The molecular formula is C24H27N3O3. The van der Waals surface area contributed by atoms with Gasteiger partial charge in [-0.1, -0.05) is 18.2 Å². The lowest BCUT2D eigenvalue weighted by Gasteiger charge is -2.37. The molecule has 2 aliphatic heterocycles. The monoisotopic (exact) mass is 405 g/mol. The molecule has 2 heterocycles. The van der Waals surface area contributed by atoms with Crippen LogP contribution in [0.4, 0.5) is 11.4 Å². The summed E-state index contributed by atoms with van der Waals surface area (Å²) in [5, 5.41) is 0. The van der Waals surface area contributed by atoms with E-state index in [1.807, 2.05) is 67.3 Å². The number of ketones is 1. The molecule has 30 heavy (non-hydrogen) atoms. The third-order valence-corrected chi connectivity index (χ3v) is 6.21. The molecule has 0 aliphatic carbocycles. The molecule has 1 saturated heterocycles. The molecule has 2 amide bonds. The molecule has 6 heteroatoms. The summed E-state index contributed by atoms with van der Waals surface area (Å²) >= 11 is 0. The van der Waals surface area contributed by atoms with Crippen molar-refractivity contribution in [2.24, 2.45) is 0 Å². The molecule has 2 aromatic rings. The van der Waals surface area contributed by atoms with Crippen LogP contribution in [0.15, 0.2) is 48.5 Å². The Bertz CT molecular complexity index is 989. The minimum atomic E-state index is -0.610. The van der Waals surface area contributed by atoms with Gasteiger partial charge in [0.1, 0.15) is 6.54 Å². The van der Waals surface area contributed by atoms with E-state index in [1.54, 1.807) is 11.8 Å². The van der Waals surface area contributed by atoms with Crippen molar-refractivity contribution in [3.63, 3.8) is 0 Å². The number of Topliss-reactive ketones (excluding diaryl/α,β-unsaturated/α-hetero) is 1. The van der Waals surface area contributed by atoms with Crippen LogP contribution in [0.25, 0.3) is 0 Å². The first-order valence-electron chi connectivity index (χ1n) is 10.3. The maximum Gasteiger partial charge on any atom is 0.242 e. The summed E-state index contributed by atoms with van der Waals surface area (Å²) in [4.78, 5) is 43.0. The Morgan fingerprint density at radius 1 is 0.933 bits per heavy atom. The van der Waals surface area contributed by atoms with Gasteiger partial charge in [-0.15, -0.1) is 0 Å². The van der Waals surface area contributed by atoms with E-state index in [4.69, 9.17) is 0 Å². The molecule has 2 aromatic carbocycles. The number of hydrogen-bond donors (Lipinski definition) is 0. The van der Waals surface area contributed by atoms with Crippen LogP contribution >= 0.6 is 0 Å². The van der Waals surface area contributed by atoms with Crippen LogP contribution < -0.4 is 9.80 Å². The van der Waals surface area contributed by atoms with Gasteiger partial charge in [0.2, 0.25) is 11.8 Å². The number of hydrogen-bond acceptors (Lipinski definition) is 4. The quantitative estimate of drug-likeness (QED) is 0.734. The molecular weight excluding hydrogens is 378 g/mol. The van der Waals surface area contributed by atoms with Crippen molar-refractivity contribution >= 4 is 29.0 Å². The van der Waals surface area contributed by atoms with Crippen molar-refractivity contribution in [2.75, 3.05) is 42.5 Å². The maximum absolute atomic E-state index is 13.0. The Morgan fingerprint density at radius 3 is 2.20 bits per heavy atom. The van der Waals surface area contributed by atoms with Crippen molar-refractivity contribution in [1.82, 2.24) is 4.90 Å². The first-order valence-corrected chi connectivity index (χ1v) is 10.3. The van der Waals surface area contributed by atoms with Crippen LogP contribution in [-0.2, 0) is 15.0 Å². The van der Waals surface area contributed by atoms with E-state index in [0.29, 0.717) is 18.7 Å². The lowest BCUT2D eigenvalue weighted by Crippen LogP contribution is -2.52. The van der Waals surface area contributed by atoms with Crippen molar-refractivity contribution in [3.05, 3.63) is 59.7 Å². The average molecular weight is 405 g/mol. The molecule has 2 aliphatic rings. The zero-order valence-electron chi connectivity index (χ0n) is 17.7. The highest BCUT2D eigenvalue weighted by Gasteiger charge is 2.44. The molecule has 156 valence electrons. The van der Waals surface area contributed by atoms with Gasteiger partial charge < -0.3 is 14.7 Å². The Labute approximate surface area is 177 Å². The molecule has 0 spiro atoms. The summed E-state index contributed by atoms with van der Waals surface area (Å²) in [6.45, 7) is 8.13. The van der Waals surface area contributed by atoms with E-state index >= 15 is 0 Å². The summed E-state index contributed by atoms with van der Waals surface area (Å²) < 4.78 is 0. The Kier molecular flexibility index (Phi) is 5.10. The normalized spacial score (nSPS) is 17.8. The van der Waals surface area contributed by atoms with Crippen LogP contribution in [0.2, 0.25) is 0 Å². The molecule has 1 fully saturated rings. The molecule has 6 nitrogen and oxygen atoms in total. The fraction of sp³-hybridized carbons (Fsp3) is 0.375. The van der Waals surface area contributed by atoms with Gasteiger partial charge in [-0.05, 0) is 56.7 Å². The second-order valence-corrected chi connectivity index (χ2v) is 8.50. The highest BCUT2D eigenvalue weighted by atomic mass is 16.2. The molecule has 0 radical (unpaired) electrons. The second-order valence-electron chi connectivity index (χ2n) is 8.50. The number of carbonyl (C=O) groups is 3. The molecule has 0 bridgehead atoms. The summed E-state index contributed by atoms with van der Waals surface area (Å²) in [7, 11) is 0. The largest absolute Gasteiger partial charge is 0.368 e. The van der Waals surface area contributed by atoms with Crippen molar-refractivity contribution in [3.8, 4) is 0 Å². The van der Waals surface area contributed by atoms with Crippen LogP contribution in [0.3, 0.4) is 0 Å². The highest BCUT2D eigenvalue weighted by molar-refractivity contribution is 6.10. The maximum atomic E-state index is 13.0. The zero-order chi connectivity index (χ0) is 21.5. The third-order valence-electron chi connectivity index (χ3n) is 6.21. The number of fused-ring (bicyclic) bond motifs is 1. The zero-order valence-corrected chi connectivity index (χ0v) is 17.7. The summed E-state index contributed by atoms with van der Waals surface area (Å²) in [5.74, 6) is 0.00172. The number of anilines is 2. The van der Waals surface area contributed by atoms with E-state index < -0.39 is 5.41 Å². The Balaban J connectivity index is 1.39. The number of benzene rings is 2. The van der Waals surface area contributed by atoms with Crippen molar-refractivity contribution in [1.29, 1.82) is 0 Å². The molecule has 0 aromatic heterocycles. The van der Waals surface area contributed by atoms with E-state index in [2.05, 4.69) is 4.90 Å². The van der Waals surface area contributed by atoms with Gasteiger partial charge in [-0.2, -0.15) is 0 Å². The Hall–Kier alpha value is -3.15. The molecule has 0 N–H and O–H groups in total. The van der Waals surface area contributed by atoms with Gasteiger partial charge in [0.25, 0.3) is 0 Å². The number of para-hydroxylation sites is 1. The fourth-order valence-corrected chi connectivity index (χ4v) is 4.31. The third kappa shape index (κ3) is 3.47. The van der Waals surface area contributed by atoms with E-state index in [-0.39, 0.29) is 24.1 Å². The van der Waals surface area contributed by atoms with Crippen LogP contribution in [0.5, 0.6) is 0 Å².